The molecule has 3 aromatic rings. The van der Waals surface area contributed by atoms with Crippen LogP contribution in [-0.4, -0.2) is 34.1 Å². The van der Waals surface area contributed by atoms with E-state index in [-0.39, 0.29) is 18.1 Å². The molecule has 0 bridgehead atoms. The largest absolute Gasteiger partial charge is 0.404 e. The van der Waals surface area contributed by atoms with Crippen molar-refractivity contribution in [1.29, 1.82) is 0 Å². The van der Waals surface area contributed by atoms with E-state index in [4.69, 9.17) is 5.73 Å². The summed E-state index contributed by atoms with van der Waals surface area (Å²) >= 11 is 0. The van der Waals surface area contributed by atoms with Crippen molar-refractivity contribution < 1.29 is 9.18 Å². The Morgan fingerprint density at radius 1 is 1.40 bits per heavy atom. The Hall–Kier alpha value is -3.55. The highest BCUT2D eigenvalue weighted by Gasteiger charge is 2.24. The second-order valence-electron chi connectivity index (χ2n) is 7.43. The zero-order valence-corrected chi connectivity index (χ0v) is 16.7. The van der Waals surface area contributed by atoms with Gasteiger partial charge in [-0.2, -0.15) is 0 Å². The van der Waals surface area contributed by atoms with Crippen LogP contribution in [0, 0.1) is 11.7 Å². The van der Waals surface area contributed by atoms with Crippen LogP contribution >= 0.6 is 0 Å². The number of benzene rings is 1. The molecule has 2 aromatic heterocycles. The fraction of sp³-hybridized carbons (Fsp3) is 0.273. The molecule has 8 heteroatoms. The number of fused-ring (bicyclic) bond motifs is 1. The molecule has 1 fully saturated rings. The number of H-pyrrole nitrogens is 1. The van der Waals surface area contributed by atoms with Crippen LogP contribution in [0.15, 0.2) is 41.7 Å². The number of hydrogen-bond acceptors (Lipinski definition) is 5. The maximum atomic E-state index is 14.1. The fourth-order valence-electron chi connectivity index (χ4n) is 3.38. The molecule has 1 aliphatic carbocycles. The summed E-state index contributed by atoms with van der Waals surface area (Å²) in [4.78, 5) is 28.8. The van der Waals surface area contributed by atoms with E-state index < -0.39 is 5.82 Å². The van der Waals surface area contributed by atoms with E-state index >= 15 is 0 Å². The highest BCUT2D eigenvalue weighted by Crippen LogP contribution is 2.32. The van der Waals surface area contributed by atoms with Gasteiger partial charge in [0.25, 0.3) is 5.91 Å². The third kappa shape index (κ3) is 4.37. The minimum atomic E-state index is -0.419. The van der Waals surface area contributed by atoms with E-state index in [0.29, 0.717) is 28.1 Å². The van der Waals surface area contributed by atoms with Gasteiger partial charge >= 0.3 is 0 Å². The molecule has 0 radical (unpaired) electrons. The number of rotatable bonds is 7. The zero-order chi connectivity index (χ0) is 21.1. The standard InChI is InChI=1S/C22H23FN6O/c1-25-12-16(10-24)15-6-14(7-17(23)9-15)11-27-22(30)21-20-18(4-5-26-21)28-19(29-20)8-13-2-3-13/h4-7,9-10,12-13H,2-3,8,11,24H2,1H3,(H,27,30)(H,28,29). The van der Waals surface area contributed by atoms with Crippen LogP contribution in [0.2, 0.25) is 0 Å². The molecule has 0 atom stereocenters. The van der Waals surface area contributed by atoms with Crippen molar-refractivity contribution in [1.82, 2.24) is 20.3 Å². The number of pyridine rings is 1. The van der Waals surface area contributed by atoms with Gasteiger partial charge in [0, 0.05) is 44.2 Å². The third-order valence-electron chi connectivity index (χ3n) is 5.04. The van der Waals surface area contributed by atoms with Gasteiger partial charge in [0.1, 0.15) is 17.2 Å². The van der Waals surface area contributed by atoms with Gasteiger partial charge in [0.15, 0.2) is 5.69 Å². The minimum absolute atomic E-state index is 0.141. The van der Waals surface area contributed by atoms with Gasteiger partial charge in [-0.05, 0) is 54.2 Å². The second kappa shape index (κ2) is 8.44. The summed E-state index contributed by atoms with van der Waals surface area (Å²) in [5.41, 5.74) is 8.99. The molecule has 1 aromatic carbocycles. The Bertz CT molecular complexity index is 1150. The Labute approximate surface area is 173 Å². The first kappa shape index (κ1) is 19.8. The number of imidazole rings is 1. The first-order chi connectivity index (χ1) is 14.6. The van der Waals surface area contributed by atoms with E-state index in [0.717, 1.165) is 17.8 Å². The lowest BCUT2D eigenvalue weighted by molar-refractivity contribution is 0.0947. The number of carbonyl (C=O) groups is 1. The quantitative estimate of drug-likeness (QED) is 0.524. The molecule has 4 rings (SSSR count). The summed E-state index contributed by atoms with van der Waals surface area (Å²) < 4.78 is 14.1. The number of halogens is 1. The molecule has 1 saturated carbocycles. The number of allylic oxidation sites excluding steroid dienone is 1. The number of amides is 1. The molecule has 0 aliphatic heterocycles. The van der Waals surface area contributed by atoms with E-state index in [1.807, 2.05) is 6.07 Å². The SMILES string of the molecule is CN=CC(=CN)c1cc(F)cc(CNC(=O)c2nccc3[nH]c(CC4CC4)nc23)c1. The number of aromatic nitrogens is 3. The number of nitrogens with one attached hydrogen (secondary N) is 2. The highest BCUT2D eigenvalue weighted by molar-refractivity contribution is 6.09. The summed E-state index contributed by atoms with van der Waals surface area (Å²) in [6.45, 7) is 0.141. The van der Waals surface area contributed by atoms with Crippen molar-refractivity contribution in [3.63, 3.8) is 0 Å². The van der Waals surface area contributed by atoms with E-state index in [1.54, 1.807) is 25.5 Å². The number of hydrogen-bond donors (Lipinski definition) is 3. The lowest BCUT2D eigenvalue weighted by Gasteiger charge is -2.08. The van der Waals surface area contributed by atoms with Crippen LogP contribution in [0.25, 0.3) is 16.6 Å². The molecule has 0 unspecified atom stereocenters. The number of aliphatic imine (C=N–C) groups is 1. The predicted octanol–water partition coefficient (Wildman–Crippen LogP) is 2.98. The van der Waals surface area contributed by atoms with Gasteiger partial charge in [0.05, 0.1) is 5.52 Å². The minimum Gasteiger partial charge on any atom is -0.404 e. The van der Waals surface area contributed by atoms with E-state index in [2.05, 4.69) is 25.3 Å². The summed E-state index contributed by atoms with van der Waals surface area (Å²) in [7, 11) is 1.61. The van der Waals surface area contributed by atoms with Crippen molar-refractivity contribution in [3.05, 3.63) is 65.1 Å². The molecule has 7 nitrogen and oxygen atoms in total. The van der Waals surface area contributed by atoms with Crippen molar-refractivity contribution in [2.75, 3.05) is 7.05 Å². The van der Waals surface area contributed by atoms with Crippen LogP contribution in [0.3, 0.4) is 0 Å². The van der Waals surface area contributed by atoms with E-state index in [9.17, 15) is 9.18 Å². The lowest BCUT2D eigenvalue weighted by Crippen LogP contribution is -2.24. The summed E-state index contributed by atoms with van der Waals surface area (Å²) in [6, 6.07) is 6.32. The molecule has 0 spiro atoms. The average molecular weight is 406 g/mol. The summed E-state index contributed by atoms with van der Waals surface area (Å²) in [5, 5.41) is 2.81. The van der Waals surface area contributed by atoms with Gasteiger partial charge in [-0.1, -0.05) is 0 Å². The molecule has 1 aliphatic rings. The summed E-state index contributed by atoms with van der Waals surface area (Å²) in [6.07, 6.45) is 7.84. The van der Waals surface area contributed by atoms with Crippen LogP contribution in [0.4, 0.5) is 4.39 Å². The maximum absolute atomic E-state index is 14.1. The average Bonchev–Trinajstić information content (AvgIpc) is 3.45. The monoisotopic (exact) mass is 406 g/mol. The fourth-order valence-corrected chi connectivity index (χ4v) is 3.38. The Balaban J connectivity index is 1.52. The Morgan fingerprint density at radius 3 is 2.97 bits per heavy atom. The number of carbonyl (C=O) groups excluding carboxylic acids is 1. The molecule has 0 saturated heterocycles. The lowest BCUT2D eigenvalue weighted by atomic mass is 10.0. The first-order valence-corrected chi connectivity index (χ1v) is 9.83. The summed E-state index contributed by atoms with van der Waals surface area (Å²) in [5.74, 6) is 0.782. The number of nitrogens with two attached hydrogens (primary N) is 1. The van der Waals surface area contributed by atoms with Gasteiger partial charge in [-0.3, -0.25) is 9.79 Å². The zero-order valence-electron chi connectivity index (χ0n) is 16.7. The van der Waals surface area contributed by atoms with Crippen LogP contribution < -0.4 is 11.1 Å². The topological polar surface area (TPSA) is 109 Å². The third-order valence-corrected chi connectivity index (χ3v) is 5.04. The van der Waals surface area contributed by atoms with Gasteiger partial charge in [-0.25, -0.2) is 14.4 Å². The number of aromatic amines is 1. The van der Waals surface area contributed by atoms with Crippen LogP contribution in [0.1, 0.15) is 40.3 Å². The van der Waals surface area contributed by atoms with E-state index in [1.165, 1.54) is 31.2 Å². The molecular weight excluding hydrogens is 383 g/mol. The normalized spacial score (nSPS) is 14.5. The van der Waals surface area contributed by atoms with Crippen LogP contribution in [-0.2, 0) is 13.0 Å². The van der Waals surface area contributed by atoms with Gasteiger partial charge < -0.3 is 16.0 Å². The molecule has 2 heterocycles. The van der Waals surface area contributed by atoms with Crippen LogP contribution in [0.5, 0.6) is 0 Å². The van der Waals surface area contributed by atoms with Crippen molar-refractivity contribution in [3.8, 4) is 0 Å². The maximum Gasteiger partial charge on any atom is 0.272 e. The molecule has 30 heavy (non-hydrogen) atoms. The first-order valence-electron chi connectivity index (χ1n) is 9.83. The Morgan fingerprint density at radius 2 is 2.23 bits per heavy atom. The van der Waals surface area contributed by atoms with Crippen molar-refractivity contribution >= 4 is 28.7 Å². The smallest absolute Gasteiger partial charge is 0.272 e. The highest BCUT2D eigenvalue weighted by atomic mass is 19.1. The molecule has 4 N–H and O–H groups in total. The number of nitrogens with zero attached hydrogens (tertiary/aromatic N) is 3. The van der Waals surface area contributed by atoms with Gasteiger partial charge in [0.2, 0.25) is 0 Å². The predicted molar refractivity (Wildman–Crippen MR) is 114 cm³/mol. The van der Waals surface area contributed by atoms with Gasteiger partial charge in [-0.15, -0.1) is 0 Å². The van der Waals surface area contributed by atoms with Crippen molar-refractivity contribution in [2.24, 2.45) is 16.6 Å². The van der Waals surface area contributed by atoms with Crippen molar-refractivity contribution in [2.45, 2.75) is 25.8 Å². The Kier molecular flexibility index (Phi) is 5.56. The molecule has 154 valence electrons. The second-order valence-corrected chi connectivity index (χ2v) is 7.43. The molecule has 1 amide bonds. The molecular formula is C22H23FN6O.